The van der Waals surface area contributed by atoms with Crippen LogP contribution < -0.4 is 4.74 Å². The van der Waals surface area contributed by atoms with E-state index in [0.29, 0.717) is 10.9 Å². The van der Waals surface area contributed by atoms with E-state index in [1.807, 2.05) is 0 Å². The molecule has 0 spiro atoms. The zero-order valence-electron chi connectivity index (χ0n) is 7.06. The van der Waals surface area contributed by atoms with Crippen molar-refractivity contribution >= 4 is 10.9 Å². The minimum Gasteiger partial charge on any atom is -0.503 e. The predicted octanol–water partition coefficient (Wildman–Crippen LogP) is 1.59. The van der Waals surface area contributed by atoms with Crippen molar-refractivity contribution in [2.24, 2.45) is 0 Å². The summed E-state index contributed by atoms with van der Waals surface area (Å²) in [6, 6.07) is 6.95. The fourth-order valence-electron chi connectivity index (χ4n) is 1.37. The van der Waals surface area contributed by atoms with Gasteiger partial charge in [0.15, 0.2) is 5.75 Å². The topological polar surface area (TPSA) is 54.6 Å². The third kappa shape index (κ3) is 0.917. The highest BCUT2D eigenvalue weighted by Gasteiger charge is 2.15. The quantitative estimate of drug-likeness (QED) is 0.653. The summed E-state index contributed by atoms with van der Waals surface area (Å²) in [4.78, 5) is 0. The van der Waals surface area contributed by atoms with E-state index in [-0.39, 0.29) is 11.6 Å². The summed E-state index contributed by atoms with van der Waals surface area (Å²) >= 11 is 0. The van der Waals surface area contributed by atoms with Crippen LogP contribution in [-0.4, -0.2) is 22.2 Å². The van der Waals surface area contributed by atoms with Crippen LogP contribution in [0.5, 0.6) is 11.6 Å². The van der Waals surface area contributed by atoms with Gasteiger partial charge in [0.1, 0.15) is 0 Å². The third-order valence-corrected chi connectivity index (χ3v) is 1.98. The molecule has 13 heavy (non-hydrogen) atoms. The SMILES string of the molecule is COc1c(O)c2ccccc2n1O. The second kappa shape index (κ2) is 2.58. The molecular formula is C9H9NO3. The maximum absolute atomic E-state index is 9.56. The second-order valence-electron chi connectivity index (χ2n) is 2.69. The fraction of sp³-hybridized carbons (Fsp3) is 0.111. The van der Waals surface area contributed by atoms with Gasteiger partial charge >= 0.3 is 0 Å². The minimum atomic E-state index is -0.0411. The minimum absolute atomic E-state index is 0.0411. The number of fused-ring (bicyclic) bond motifs is 1. The molecule has 1 aromatic heterocycles. The van der Waals surface area contributed by atoms with E-state index >= 15 is 0 Å². The van der Waals surface area contributed by atoms with Gasteiger partial charge in [-0.3, -0.25) is 0 Å². The number of nitrogens with zero attached hydrogens (tertiary/aromatic N) is 1. The zero-order valence-corrected chi connectivity index (χ0v) is 7.06. The number of benzene rings is 1. The number of hydrogen-bond donors (Lipinski definition) is 2. The van der Waals surface area contributed by atoms with Gasteiger partial charge in [-0.2, -0.15) is 0 Å². The average Bonchev–Trinajstić information content (AvgIpc) is 2.41. The molecule has 0 radical (unpaired) electrons. The van der Waals surface area contributed by atoms with E-state index in [2.05, 4.69) is 0 Å². The number of hydrogen-bond acceptors (Lipinski definition) is 3. The van der Waals surface area contributed by atoms with Gasteiger partial charge in [0, 0.05) is 5.39 Å². The van der Waals surface area contributed by atoms with Gasteiger partial charge in [0.2, 0.25) is 0 Å². The Kier molecular flexibility index (Phi) is 1.55. The molecule has 2 N–H and O–H groups in total. The number of para-hydroxylation sites is 1. The van der Waals surface area contributed by atoms with Crippen LogP contribution in [0.3, 0.4) is 0 Å². The number of ether oxygens (including phenoxy) is 1. The van der Waals surface area contributed by atoms with Crippen molar-refractivity contribution in [1.82, 2.24) is 4.73 Å². The van der Waals surface area contributed by atoms with Gasteiger partial charge in [-0.15, -0.1) is 4.73 Å². The first kappa shape index (κ1) is 7.79. The fourth-order valence-corrected chi connectivity index (χ4v) is 1.37. The molecule has 2 aromatic rings. The summed E-state index contributed by atoms with van der Waals surface area (Å²) in [6.07, 6.45) is 0. The Morgan fingerprint density at radius 1 is 1.31 bits per heavy atom. The van der Waals surface area contributed by atoms with Crippen LogP contribution in [0.15, 0.2) is 24.3 Å². The second-order valence-corrected chi connectivity index (χ2v) is 2.69. The number of aromatic nitrogens is 1. The van der Waals surface area contributed by atoms with Crippen molar-refractivity contribution in [3.63, 3.8) is 0 Å². The first-order valence-electron chi connectivity index (χ1n) is 3.81. The molecule has 0 aliphatic rings. The van der Waals surface area contributed by atoms with Crippen molar-refractivity contribution in [2.75, 3.05) is 7.11 Å². The Hall–Kier alpha value is -1.84. The van der Waals surface area contributed by atoms with Crippen LogP contribution >= 0.6 is 0 Å². The van der Waals surface area contributed by atoms with Crippen LogP contribution in [0.2, 0.25) is 0 Å². The highest BCUT2D eigenvalue weighted by atomic mass is 16.6. The summed E-state index contributed by atoms with van der Waals surface area (Å²) < 4.78 is 5.65. The highest BCUT2D eigenvalue weighted by molar-refractivity contribution is 5.89. The maximum atomic E-state index is 9.56. The summed E-state index contributed by atoms with van der Waals surface area (Å²) in [5, 5.41) is 19.6. The zero-order chi connectivity index (χ0) is 9.42. The molecule has 68 valence electrons. The summed E-state index contributed by atoms with van der Waals surface area (Å²) in [5.41, 5.74) is 0.525. The Bertz CT molecular complexity index is 408. The lowest BCUT2D eigenvalue weighted by Crippen LogP contribution is -1.93. The van der Waals surface area contributed by atoms with Crippen molar-refractivity contribution in [3.8, 4) is 11.6 Å². The lowest BCUT2D eigenvalue weighted by molar-refractivity contribution is 0.160. The smallest absolute Gasteiger partial charge is 0.271 e. The lowest BCUT2D eigenvalue weighted by atomic mass is 10.2. The van der Waals surface area contributed by atoms with Crippen LogP contribution in [0.1, 0.15) is 0 Å². The van der Waals surface area contributed by atoms with Gasteiger partial charge in [-0.25, -0.2) is 0 Å². The van der Waals surface area contributed by atoms with Crippen LogP contribution in [0, 0.1) is 0 Å². The highest BCUT2D eigenvalue weighted by Crippen LogP contribution is 2.36. The standard InChI is InChI=1S/C9H9NO3/c1-13-9-8(11)6-4-2-3-5-7(6)10(9)12/h2-5,11-12H,1H3. The molecule has 0 atom stereocenters. The van der Waals surface area contributed by atoms with Gasteiger partial charge in [-0.05, 0) is 12.1 Å². The molecule has 4 heteroatoms. The molecule has 0 unspecified atom stereocenters. The number of methoxy groups -OCH3 is 1. The summed E-state index contributed by atoms with van der Waals surface area (Å²) in [6.45, 7) is 0. The predicted molar refractivity (Wildman–Crippen MR) is 47.3 cm³/mol. The third-order valence-electron chi connectivity index (χ3n) is 1.98. The van der Waals surface area contributed by atoms with E-state index in [4.69, 9.17) is 4.74 Å². The van der Waals surface area contributed by atoms with E-state index in [1.54, 1.807) is 24.3 Å². The van der Waals surface area contributed by atoms with Crippen molar-refractivity contribution < 1.29 is 15.1 Å². The van der Waals surface area contributed by atoms with Crippen molar-refractivity contribution in [2.45, 2.75) is 0 Å². The average molecular weight is 179 g/mol. The normalized spacial score (nSPS) is 10.5. The van der Waals surface area contributed by atoms with E-state index in [0.717, 1.165) is 4.73 Å². The van der Waals surface area contributed by atoms with Crippen LogP contribution in [0.4, 0.5) is 0 Å². The molecule has 0 aliphatic heterocycles. The summed E-state index contributed by atoms with van der Waals surface area (Å²) in [7, 11) is 1.39. The van der Waals surface area contributed by atoms with Gasteiger partial charge in [0.25, 0.3) is 5.88 Å². The molecular weight excluding hydrogens is 170 g/mol. The molecule has 1 aromatic carbocycles. The largest absolute Gasteiger partial charge is 0.503 e. The summed E-state index contributed by atoms with van der Waals surface area (Å²) in [5.74, 6) is 0.0156. The molecule has 0 bridgehead atoms. The maximum Gasteiger partial charge on any atom is 0.271 e. The molecule has 0 amide bonds. The molecule has 1 heterocycles. The first-order chi connectivity index (χ1) is 6.25. The van der Waals surface area contributed by atoms with E-state index in [1.165, 1.54) is 7.11 Å². The monoisotopic (exact) mass is 179 g/mol. The Labute approximate surface area is 74.6 Å². The number of aromatic hydroxyl groups is 1. The van der Waals surface area contributed by atoms with Crippen molar-refractivity contribution in [3.05, 3.63) is 24.3 Å². The molecule has 0 saturated heterocycles. The molecule has 2 rings (SSSR count). The Balaban J connectivity index is 2.88. The Morgan fingerprint density at radius 3 is 2.62 bits per heavy atom. The van der Waals surface area contributed by atoms with Crippen molar-refractivity contribution in [1.29, 1.82) is 0 Å². The lowest BCUT2D eigenvalue weighted by Gasteiger charge is -1.99. The molecule has 4 nitrogen and oxygen atoms in total. The van der Waals surface area contributed by atoms with E-state index in [9.17, 15) is 10.3 Å². The van der Waals surface area contributed by atoms with Gasteiger partial charge < -0.3 is 15.1 Å². The van der Waals surface area contributed by atoms with Gasteiger partial charge in [0.05, 0.1) is 12.6 Å². The molecule has 0 saturated carbocycles. The Morgan fingerprint density at radius 2 is 2.00 bits per heavy atom. The van der Waals surface area contributed by atoms with Gasteiger partial charge in [-0.1, -0.05) is 12.1 Å². The number of rotatable bonds is 1. The molecule has 0 fully saturated rings. The molecule has 0 aliphatic carbocycles. The van der Waals surface area contributed by atoms with Crippen LogP contribution in [-0.2, 0) is 0 Å². The first-order valence-corrected chi connectivity index (χ1v) is 3.81. The van der Waals surface area contributed by atoms with Crippen LogP contribution in [0.25, 0.3) is 10.9 Å². The van der Waals surface area contributed by atoms with E-state index < -0.39 is 0 Å².